The third kappa shape index (κ3) is 4.94. The molecule has 0 bridgehead atoms. The van der Waals surface area contributed by atoms with Crippen molar-refractivity contribution in [1.82, 2.24) is 4.90 Å². The Hall–Kier alpha value is -3.77. The van der Waals surface area contributed by atoms with Gasteiger partial charge in [-0.15, -0.1) is 0 Å². The van der Waals surface area contributed by atoms with E-state index >= 15 is 0 Å². The van der Waals surface area contributed by atoms with Crippen molar-refractivity contribution in [1.29, 1.82) is 0 Å². The SMILES string of the molecule is Oc1ccc2c(c1)OCCC(c1ccc3occc3c1)=C2c1ccc(O[C@H]2CCN(CCCF)C2)cc1. The zero-order chi connectivity index (χ0) is 25.2. The number of aromatic hydroxyl groups is 1. The van der Waals surface area contributed by atoms with Crippen LogP contribution in [-0.4, -0.2) is 49.0 Å². The average Bonchev–Trinajstić information content (AvgIpc) is 3.53. The van der Waals surface area contributed by atoms with Crippen LogP contribution in [0, 0.1) is 0 Å². The maximum Gasteiger partial charge on any atom is 0.133 e. The lowest BCUT2D eigenvalue weighted by molar-refractivity contribution is 0.198. The Balaban J connectivity index is 1.35. The molecule has 1 saturated heterocycles. The third-order valence-corrected chi connectivity index (χ3v) is 7.23. The molecule has 1 aromatic heterocycles. The fraction of sp³-hybridized carbons (Fsp3) is 0.290. The molecule has 0 saturated carbocycles. The second kappa shape index (κ2) is 10.3. The first kappa shape index (κ1) is 23.6. The summed E-state index contributed by atoms with van der Waals surface area (Å²) in [4.78, 5) is 2.27. The monoisotopic (exact) mass is 499 g/mol. The van der Waals surface area contributed by atoms with E-state index in [4.69, 9.17) is 13.9 Å². The molecule has 0 unspecified atom stereocenters. The molecule has 3 aromatic carbocycles. The summed E-state index contributed by atoms with van der Waals surface area (Å²) in [5.41, 5.74) is 6.25. The van der Waals surface area contributed by atoms with Crippen molar-refractivity contribution in [3.8, 4) is 17.2 Å². The number of rotatable bonds is 7. The number of halogens is 1. The largest absolute Gasteiger partial charge is 0.508 e. The number of alkyl halides is 1. The van der Waals surface area contributed by atoms with Gasteiger partial charge in [0.15, 0.2) is 0 Å². The second-order valence-electron chi connectivity index (χ2n) is 9.70. The molecule has 6 rings (SSSR count). The van der Waals surface area contributed by atoms with Crippen LogP contribution in [0.2, 0.25) is 0 Å². The van der Waals surface area contributed by atoms with E-state index in [-0.39, 0.29) is 18.5 Å². The van der Waals surface area contributed by atoms with E-state index in [1.54, 1.807) is 18.4 Å². The molecule has 4 aromatic rings. The molecule has 37 heavy (non-hydrogen) atoms. The van der Waals surface area contributed by atoms with Crippen molar-refractivity contribution in [3.05, 3.63) is 89.7 Å². The number of ether oxygens (including phenoxy) is 2. The summed E-state index contributed by atoms with van der Waals surface area (Å²) in [5.74, 6) is 1.69. The Kier molecular flexibility index (Phi) is 6.58. The topological polar surface area (TPSA) is 55.1 Å². The number of phenols is 1. The van der Waals surface area contributed by atoms with Crippen molar-refractivity contribution >= 4 is 22.1 Å². The number of fused-ring (bicyclic) bond motifs is 2. The summed E-state index contributed by atoms with van der Waals surface area (Å²) >= 11 is 0. The van der Waals surface area contributed by atoms with Crippen LogP contribution in [0.3, 0.4) is 0 Å². The molecule has 1 fully saturated rings. The van der Waals surface area contributed by atoms with E-state index in [0.29, 0.717) is 18.8 Å². The Morgan fingerprint density at radius 1 is 1.00 bits per heavy atom. The van der Waals surface area contributed by atoms with Gasteiger partial charge >= 0.3 is 0 Å². The lowest BCUT2D eigenvalue weighted by Crippen LogP contribution is -2.26. The minimum Gasteiger partial charge on any atom is -0.508 e. The molecule has 5 nitrogen and oxygen atoms in total. The molecule has 0 amide bonds. The Morgan fingerprint density at radius 2 is 1.86 bits per heavy atom. The molecular weight excluding hydrogens is 469 g/mol. The number of hydrogen-bond donors (Lipinski definition) is 1. The minimum absolute atomic E-state index is 0.122. The van der Waals surface area contributed by atoms with Crippen LogP contribution in [0.4, 0.5) is 4.39 Å². The Morgan fingerprint density at radius 3 is 2.73 bits per heavy atom. The Labute approximate surface area is 215 Å². The van der Waals surface area contributed by atoms with Crippen molar-refractivity contribution < 1.29 is 23.4 Å². The molecule has 3 heterocycles. The number of likely N-dealkylation sites (tertiary alicyclic amines) is 1. The van der Waals surface area contributed by atoms with E-state index in [1.807, 2.05) is 30.3 Å². The number of benzene rings is 3. The lowest BCUT2D eigenvalue weighted by atomic mass is 9.88. The molecule has 0 aliphatic carbocycles. The molecular formula is C31H30FNO4. The van der Waals surface area contributed by atoms with Gasteiger partial charge in [0.05, 0.1) is 19.5 Å². The average molecular weight is 500 g/mol. The first-order valence-electron chi connectivity index (χ1n) is 12.9. The molecule has 2 aliphatic rings. The highest BCUT2D eigenvalue weighted by Crippen LogP contribution is 2.43. The summed E-state index contributed by atoms with van der Waals surface area (Å²) in [6.45, 7) is 2.81. The van der Waals surface area contributed by atoms with Gasteiger partial charge in [0.1, 0.15) is 28.9 Å². The molecule has 1 N–H and O–H groups in total. The summed E-state index contributed by atoms with van der Waals surface area (Å²) in [5, 5.41) is 11.2. The normalized spacial score (nSPS) is 18.0. The van der Waals surface area contributed by atoms with Gasteiger partial charge in [-0.1, -0.05) is 18.2 Å². The third-order valence-electron chi connectivity index (χ3n) is 7.23. The number of hydrogen-bond acceptors (Lipinski definition) is 5. The van der Waals surface area contributed by atoms with E-state index in [0.717, 1.165) is 71.5 Å². The molecule has 0 radical (unpaired) electrons. The van der Waals surface area contributed by atoms with Crippen molar-refractivity contribution in [2.45, 2.75) is 25.4 Å². The summed E-state index contributed by atoms with van der Waals surface area (Å²) in [6, 6.07) is 21.8. The van der Waals surface area contributed by atoms with Gasteiger partial charge < -0.3 is 19.0 Å². The summed E-state index contributed by atoms with van der Waals surface area (Å²) < 4.78 is 30.4. The first-order valence-corrected chi connectivity index (χ1v) is 12.9. The number of furan rings is 1. The van der Waals surface area contributed by atoms with Crippen LogP contribution >= 0.6 is 0 Å². The van der Waals surface area contributed by atoms with Gasteiger partial charge in [-0.25, -0.2) is 0 Å². The fourth-order valence-corrected chi connectivity index (χ4v) is 5.43. The molecule has 1 atom stereocenters. The van der Waals surface area contributed by atoms with Crippen LogP contribution in [-0.2, 0) is 0 Å². The maximum atomic E-state index is 12.5. The van der Waals surface area contributed by atoms with Gasteiger partial charge in [0.25, 0.3) is 0 Å². The van der Waals surface area contributed by atoms with Gasteiger partial charge in [-0.05, 0) is 77.6 Å². The molecule has 190 valence electrons. The predicted molar refractivity (Wildman–Crippen MR) is 143 cm³/mol. The second-order valence-corrected chi connectivity index (χ2v) is 9.70. The van der Waals surface area contributed by atoms with Gasteiger partial charge in [0, 0.05) is 43.1 Å². The predicted octanol–water partition coefficient (Wildman–Crippen LogP) is 6.69. The van der Waals surface area contributed by atoms with Crippen LogP contribution in [0.5, 0.6) is 17.2 Å². The van der Waals surface area contributed by atoms with Crippen LogP contribution < -0.4 is 9.47 Å². The fourth-order valence-electron chi connectivity index (χ4n) is 5.43. The molecule has 6 heteroatoms. The minimum atomic E-state index is -0.273. The lowest BCUT2D eigenvalue weighted by Gasteiger charge is -2.18. The van der Waals surface area contributed by atoms with Crippen molar-refractivity contribution in [2.75, 3.05) is 32.9 Å². The highest BCUT2D eigenvalue weighted by molar-refractivity contribution is 6.01. The van der Waals surface area contributed by atoms with Crippen LogP contribution in [0.1, 0.15) is 36.0 Å². The van der Waals surface area contributed by atoms with E-state index < -0.39 is 0 Å². The zero-order valence-electron chi connectivity index (χ0n) is 20.7. The van der Waals surface area contributed by atoms with Crippen molar-refractivity contribution in [3.63, 3.8) is 0 Å². The maximum absolute atomic E-state index is 12.5. The van der Waals surface area contributed by atoms with E-state index in [9.17, 15) is 9.50 Å². The smallest absolute Gasteiger partial charge is 0.133 e. The van der Waals surface area contributed by atoms with Crippen LogP contribution in [0.15, 0.2) is 77.4 Å². The standard InChI is InChI=1S/C31H30FNO4/c32-13-1-14-33-15-10-26(20-33)37-25-6-2-21(3-7-25)31-27(22-4-9-29-23(18-22)11-16-35-29)12-17-36-30-19-24(34)5-8-28(30)31/h2-9,11,16,18-19,26,34H,1,10,12-15,17,20H2/t26-/m0/s1. The Bertz CT molecular complexity index is 1420. The first-order chi connectivity index (χ1) is 18.2. The number of phenolic OH excluding ortho intramolecular Hbond substituents is 1. The van der Waals surface area contributed by atoms with Gasteiger partial charge in [-0.3, -0.25) is 9.29 Å². The molecule has 2 aliphatic heterocycles. The molecule has 0 spiro atoms. The van der Waals surface area contributed by atoms with Crippen molar-refractivity contribution in [2.24, 2.45) is 0 Å². The van der Waals surface area contributed by atoms with E-state index in [2.05, 4.69) is 29.2 Å². The highest BCUT2D eigenvalue weighted by atomic mass is 19.1. The highest BCUT2D eigenvalue weighted by Gasteiger charge is 2.25. The van der Waals surface area contributed by atoms with Gasteiger partial charge in [-0.2, -0.15) is 0 Å². The quantitative estimate of drug-likeness (QED) is 0.307. The van der Waals surface area contributed by atoms with E-state index in [1.165, 1.54) is 5.57 Å². The summed E-state index contributed by atoms with van der Waals surface area (Å²) in [7, 11) is 0. The van der Waals surface area contributed by atoms with Crippen LogP contribution in [0.25, 0.3) is 22.1 Å². The number of nitrogens with zero attached hydrogens (tertiary/aromatic N) is 1. The zero-order valence-corrected chi connectivity index (χ0v) is 20.7. The van der Waals surface area contributed by atoms with Gasteiger partial charge in [0.2, 0.25) is 0 Å². The summed E-state index contributed by atoms with van der Waals surface area (Å²) in [6.07, 6.45) is 4.09.